The molecule has 1 N–H and O–H groups in total. The first-order valence-electron chi connectivity index (χ1n) is 8.53. The number of fused-ring (bicyclic) bond motifs is 1. The Hall–Kier alpha value is -2.96. The van der Waals surface area contributed by atoms with Gasteiger partial charge in [0.15, 0.2) is 0 Å². The molecule has 0 saturated carbocycles. The standard InChI is InChI=1S/C19H20FN3O3/c1-3-19(24)22-12(2)10-17(16-11-13(20)4-9-18(16)22)21-14-5-7-15(8-6-14)23(25)26/h4-9,11-12,17,21H,3,10H2,1-2H3/t12-,17+/m0/s1. The molecule has 0 aliphatic carbocycles. The Labute approximate surface area is 150 Å². The third kappa shape index (κ3) is 3.37. The topological polar surface area (TPSA) is 75.5 Å². The number of non-ortho nitro benzene ring substituents is 1. The number of hydrogen-bond donors (Lipinski definition) is 1. The number of hydrogen-bond acceptors (Lipinski definition) is 4. The number of anilines is 2. The SMILES string of the molecule is CCC(=O)N1c2ccc(F)cc2[C@H](Nc2ccc([N+](=O)[O-])cc2)C[C@@H]1C. The van der Waals surface area contributed by atoms with E-state index in [0.717, 1.165) is 0 Å². The van der Waals surface area contributed by atoms with Crippen LogP contribution in [0.5, 0.6) is 0 Å². The monoisotopic (exact) mass is 357 g/mol. The summed E-state index contributed by atoms with van der Waals surface area (Å²) in [5.41, 5.74) is 2.14. The molecule has 26 heavy (non-hydrogen) atoms. The second-order valence-electron chi connectivity index (χ2n) is 6.41. The van der Waals surface area contributed by atoms with Crippen LogP contribution in [0.3, 0.4) is 0 Å². The highest BCUT2D eigenvalue weighted by Gasteiger charge is 2.33. The van der Waals surface area contributed by atoms with Gasteiger partial charge in [0.2, 0.25) is 5.91 Å². The van der Waals surface area contributed by atoms with Crippen LogP contribution in [0, 0.1) is 15.9 Å². The Bertz CT molecular complexity index is 838. The summed E-state index contributed by atoms with van der Waals surface area (Å²) in [4.78, 5) is 24.4. The molecule has 1 aliphatic rings. The average molecular weight is 357 g/mol. The Balaban J connectivity index is 1.94. The van der Waals surface area contributed by atoms with Crippen molar-refractivity contribution in [1.82, 2.24) is 0 Å². The number of nitrogens with one attached hydrogen (secondary N) is 1. The van der Waals surface area contributed by atoms with E-state index in [1.165, 1.54) is 24.3 Å². The molecule has 0 unspecified atom stereocenters. The molecule has 0 radical (unpaired) electrons. The van der Waals surface area contributed by atoms with Gasteiger partial charge >= 0.3 is 0 Å². The summed E-state index contributed by atoms with van der Waals surface area (Å²) in [7, 11) is 0. The molecule has 2 atom stereocenters. The number of nitrogens with zero attached hydrogens (tertiary/aromatic N) is 2. The van der Waals surface area contributed by atoms with Gasteiger partial charge < -0.3 is 10.2 Å². The number of carbonyl (C=O) groups excluding carboxylic acids is 1. The molecule has 1 aliphatic heterocycles. The van der Waals surface area contributed by atoms with E-state index in [-0.39, 0.29) is 29.5 Å². The average Bonchev–Trinajstić information content (AvgIpc) is 2.62. The number of nitro benzene ring substituents is 1. The summed E-state index contributed by atoms with van der Waals surface area (Å²) in [6, 6.07) is 10.3. The van der Waals surface area contributed by atoms with Gasteiger partial charge in [-0.1, -0.05) is 6.92 Å². The maximum Gasteiger partial charge on any atom is 0.269 e. The summed E-state index contributed by atoms with van der Waals surface area (Å²) in [5.74, 6) is -0.364. The van der Waals surface area contributed by atoms with Gasteiger partial charge in [0, 0.05) is 41.5 Å². The predicted octanol–water partition coefficient (Wildman–Crippen LogP) is 4.42. The minimum absolute atomic E-state index is 0.000793. The molecule has 6 nitrogen and oxygen atoms in total. The quantitative estimate of drug-likeness (QED) is 0.649. The lowest BCUT2D eigenvalue weighted by molar-refractivity contribution is -0.384. The lowest BCUT2D eigenvalue weighted by atomic mass is 9.91. The smallest absolute Gasteiger partial charge is 0.269 e. The highest BCUT2D eigenvalue weighted by atomic mass is 19.1. The van der Waals surface area contributed by atoms with E-state index in [4.69, 9.17) is 0 Å². The number of carbonyl (C=O) groups is 1. The van der Waals surface area contributed by atoms with Crippen LogP contribution >= 0.6 is 0 Å². The second-order valence-corrected chi connectivity index (χ2v) is 6.41. The van der Waals surface area contributed by atoms with E-state index in [1.807, 2.05) is 6.92 Å². The van der Waals surface area contributed by atoms with Crippen molar-refractivity contribution >= 4 is 23.0 Å². The van der Waals surface area contributed by atoms with E-state index in [0.29, 0.717) is 29.8 Å². The zero-order valence-electron chi connectivity index (χ0n) is 14.6. The van der Waals surface area contributed by atoms with Crippen molar-refractivity contribution in [1.29, 1.82) is 0 Å². The lowest BCUT2D eigenvalue weighted by Crippen LogP contribution is -2.44. The van der Waals surface area contributed by atoms with Crippen molar-refractivity contribution in [2.75, 3.05) is 10.2 Å². The number of halogens is 1. The lowest BCUT2D eigenvalue weighted by Gasteiger charge is -2.40. The van der Waals surface area contributed by atoms with Crippen molar-refractivity contribution in [3.8, 4) is 0 Å². The van der Waals surface area contributed by atoms with E-state index in [9.17, 15) is 19.3 Å². The first kappa shape index (κ1) is 17.8. The molecule has 0 bridgehead atoms. The highest BCUT2D eigenvalue weighted by Crippen LogP contribution is 2.39. The van der Waals surface area contributed by atoms with Crippen LogP contribution in [-0.2, 0) is 4.79 Å². The summed E-state index contributed by atoms with van der Waals surface area (Å²) in [6.45, 7) is 3.77. The zero-order chi connectivity index (χ0) is 18.8. The van der Waals surface area contributed by atoms with Crippen LogP contribution < -0.4 is 10.2 Å². The van der Waals surface area contributed by atoms with Gasteiger partial charge in [-0.2, -0.15) is 0 Å². The largest absolute Gasteiger partial charge is 0.378 e. The van der Waals surface area contributed by atoms with E-state index >= 15 is 0 Å². The number of rotatable bonds is 4. The number of nitro groups is 1. The maximum absolute atomic E-state index is 13.8. The molecular formula is C19H20FN3O3. The van der Waals surface area contributed by atoms with Crippen LogP contribution in [0.15, 0.2) is 42.5 Å². The van der Waals surface area contributed by atoms with Gasteiger partial charge in [-0.05, 0) is 43.7 Å². The molecule has 2 aromatic carbocycles. The van der Waals surface area contributed by atoms with Crippen LogP contribution in [0.1, 0.15) is 38.3 Å². The van der Waals surface area contributed by atoms with Crippen LogP contribution in [0.25, 0.3) is 0 Å². The third-order valence-corrected chi connectivity index (χ3v) is 4.63. The van der Waals surface area contributed by atoms with Gasteiger partial charge in [0.1, 0.15) is 5.82 Å². The van der Waals surface area contributed by atoms with Gasteiger partial charge in [-0.3, -0.25) is 14.9 Å². The molecule has 1 amide bonds. The van der Waals surface area contributed by atoms with E-state index in [2.05, 4.69) is 5.32 Å². The fourth-order valence-electron chi connectivity index (χ4n) is 3.40. The Morgan fingerprint density at radius 1 is 1.31 bits per heavy atom. The maximum atomic E-state index is 13.8. The molecule has 0 fully saturated rings. The third-order valence-electron chi connectivity index (χ3n) is 4.63. The minimum Gasteiger partial charge on any atom is -0.378 e. The first-order chi connectivity index (χ1) is 12.4. The molecule has 3 rings (SSSR count). The summed E-state index contributed by atoms with van der Waals surface area (Å²) < 4.78 is 13.8. The van der Waals surface area contributed by atoms with Crippen LogP contribution in [0.2, 0.25) is 0 Å². The number of amides is 1. The van der Waals surface area contributed by atoms with Crippen molar-refractivity contribution in [3.63, 3.8) is 0 Å². The van der Waals surface area contributed by atoms with Crippen molar-refractivity contribution < 1.29 is 14.1 Å². The predicted molar refractivity (Wildman–Crippen MR) is 97.7 cm³/mol. The van der Waals surface area contributed by atoms with Crippen LogP contribution in [-0.4, -0.2) is 16.9 Å². The molecule has 0 spiro atoms. The van der Waals surface area contributed by atoms with Gasteiger partial charge in [0.25, 0.3) is 5.69 Å². The molecule has 7 heteroatoms. The fraction of sp³-hybridized carbons (Fsp3) is 0.316. The minimum atomic E-state index is -0.453. The first-order valence-corrected chi connectivity index (χ1v) is 8.53. The van der Waals surface area contributed by atoms with Crippen LogP contribution in [0.4, 0.5) is 21.5 Å². The molecule has 136 valence electrons. The Morgan fingerprint density at radius 2 is 2.00 bits per heavy atom. The normalized spacial score (nSPS) is 19.0. The highest BCUT2D eigenvalue weighted by molar-refractivity contribution is 5.95. The molecule has 0 aromatic heterocycles. The van der Waals surface area contributed by atoms with Crippen molar-refractivity contribution in [3.05, 3.63) is 64.0 Å². The summed E-state index contributed by atoms with van der Waals surface area (Å²) in [5, 5.41) is 14.1. The molecular weight excluding hydrogens is 337 g/mol. The van der Waals surface area contributed by atoms with E-state index in [1.54, 1.807) is 30.0 Å². The molecule has 2 aromatic rings. The second kappa shape index (κ2) is 7.11. The van der Waals surface area contributed by atoms with Crippen molar-refractivity contribution in [2.24, 2.45) is 0 Å². The van der Waals surface area contributed by atoms with Gasteiger partial charge in [-0.25, -0.2) is 4.39 Å². The summed E-state index contributed by atoms with van der Waals surface area (Å²) in [6.07, 6.45) is 0.987. The number of benzene rings is 2. The molecule has 1 heterocycles. The van der Waals surface area contributed by atoms with Crippen molar-refractivity contribution in [2.45, 2.75) is 38.8 Å². The Morgan fingerprint density at radius 3 is 2.62 bits per heavy atom. The Kier molecular flexibility index (Phi) is 4.88. The zero-order valence-corrected chi connectivity index (χ0v) is 14.6. The van der Waals surface area contributed by atoms with E-state index < -0.39 is 4.92 Å². The molecule has 0 saturated heterocycles. The fourth-order valence-corrected chi connectivity index (χ4v) is 3.40. The summed E-state index contributed by atoms with van der Waals surface area (Å²) >= 11 is 0. The van der Waals surface area contributed by atoms with Gasteiger partial charge in [-0.15, -0.1) is 0 Å². The van der Waals surface area contributed by atoms with Gasteiger partial charge in [0.05, 0.1) is 11.0 Å².